The molecule has 20 heavy (non-hydrogen) atoms. The molecule has 0 spiro atoms. The molecule has 1 saturated heterocycles. The highest BCUT2D eigenvalue weighted by atomic mass is 127. The van der Waals surface area contributed by atoms with Gasteiger partial charge in [0.25, 0.3) is 0 Å². The Balaban J connectivity index is 1.62. The Morgan fingerprint density at radius 2 is 1.70 bits per heavy atom. The van der Waals surface area contributed by atoms with Gasteiger partial charge in [0.15, 0.2) is 0 Å². The predicted molar refractivity (Wildman–Crippen MR) is 94.1 cm³/mol. The Morgan fingerprint density at radius 3 is 2.35 bits per heavy atom. The smallest absolute Gasteiger partial charge is 0.119 e. The highest BCUT2D eigenvalue weighted by molar-refractivity contribution is 14.1. The first-order valence-corrected chi connectivity index (χ1v) is 9.41. The van der Waals surface area contributed by atoms with Gasteiger partial charge in [0.05, 0.1) is 6.61 Å². The van der Waals surface area contributed by atoms with Crippen LogP contribution in [0.5, 0.6) is 5.75 Å². The molecule has 2 rings (SSSR count). The zero-order chi connectivity index (χ0) is 14.0. The Kier molecular flexibility index (Phi) is 7.73. The third kappa shape index (κ3) is 6.00. The molecule has 1 aromatic rings. The van der Waals surface area contributed by atoms with Crippen molar-refractivity contribution >= 4 is 22.6 Å². The van der Waals surface area contributed by atoms with Gasteiger partial charge in [-0.3, -0.25) is 0 Å². The largest absolute Gasteiger partial charge is 0.494 e. The molecular formula is C17H26INO. The van der Waals surface area contributed by atoms with Crippen molar-refractivity contribution in [2.75, 3.05) is 30.7 Å². The number of halogens is 1. The molecule has 112 valence electrons. The van der Waals surface area contributed by atoms with E-state index in [1.54, 1.807) is 0 Å². The highest BCUT2D eigenvalue weighted by Gasteiger charge is 2.08. The second-order valence-electron chi connectivity index (χ2n) is 5.54. The van der Waals surface area contributed by atoms with Crippen LogP contribution in [0.15, 0.2) is 24.3 Å². The average Bonchev–Trinajstić information content (AvgIpc) is 2.74. The lowest BCUT2D eigenvalue weighted by molar-refractivity contribution is 0.240. The second kappa shape index (κ2) is 9.61. The number of aryl methyl sites for hydroxylation is 1. The van der Waals surface area contributed by atoms with E-state index in [2.05, 4.69) is 51.8 Å². The van der Waals surface area contributed by atoms with E-state index in [4.69, 9.17) is 4.74 Å². The lowest BCUT2D eigenvalue weighted by Crippen LogP contribution is -2.26. The van der Waals surface area contributed by atoms with Gasteiger partial charge in [-0.1, -0.05) is 47.6 Å². The number of likely N-dealkylation sites (tertiary alicyclic amines) is 1. The van der Waals surface area contributed by atoms with Gasteiger partial charge in [0, 0.05) is 11.0 Å². The van der Waals surface area contributed by atoms with Gasteiger partial charge in [0.1, 0.15) is 5.75 Å². The minimum atomic E-state index is 0.835. The summed E-state index contributed by atoms with van der Waals surface area (Å²) in [6, 6.07) is 8.58. The zero-order valence-corrected chi connectivity index (χ0v) is 14.5. The van der Waals surface area contributed by atoms with Gasteiger partial charge in [-0.25, -0.2) is 0 Å². The topological polar surface area (TPSA) is 12.5 Å². The van der Waals surface area contributed by atoms with Crippen molar-refractivity contribution in [1.82, 2.24) is 4.90 Å². The molecule has 0 unspecified atom stereocenters. The minimum Gasteiger partial charge on any atom is -0.494 e. The molecule has 0 radical (unpaired) electrons. The first-order valence-electron chi connectivity index (χ1n) is 7.88. The van der Waals surface area contributed by atoms with E-state index in [0.717, 1.165) is 25.2 Å². The van der Waals surface area contributed by atoms with Crippen molar-refractivity contribution in [2.24, 2.45) is 0 Å². The van der Waals surface area contributed by atoms with Crippen LogP contribution in [0.4, 0.5) is 0 Å². The van der Waals surface area contributed by atoms with E-state index in [1.807, 2.05) is 0 Å². The van der Waals surface area contributed by atoms with Crippen molar-refractivity contribution < 1.29 is 4.74 Å². The maximum atomic E-state index is 5.83. The molecule has 2 nitrogen and oxygen atoms in total. The van der Waals surface area contributed by atoms with E-state index in [0.29, 0.717) is 0 Å². The molecule has 0 aromatic heterocycles. The van der Waals surface area contributed by atoms with Gasteiger partial charge < -0.3 is 9.64 Å². The third-order valence-electron chi connectivity index (χ3n) is 3.89. The van der Waals surface area contributed by atoms with Crippen LogP contribution in [0.2, 0.25) is 0 Å². The zero-order valence-electron chi connectivity index (χ0n) is 12.3. The van der Waals surface area contributed by atoms with Crippen LogP contribution in [0.25, 0.3) is 0 Å². The summed E-state index contributed by atoms with van der Waals surface area (Å²) in [6.07, 6.45) is 7.86. The van der Waals surface area contributed by atoms with E-state index in [-0.39, 0.29) is 0 Å². The van der Waals surface area contributed by atoms with E-state index >= 15 is 0 Å². The molecule has 0 aliphatic carbocycles. The van der Waals surface area contributed by atoms with E-state index in [1.165, 1.54) is 55.3 Å². The molecule has 1 fully saturated rings. The fourth-order valence-corrected chi connectivity index (χ4v) is 3.32. The average molecular weight is 387 g/mol. The Bertz CT molecular complexity index is 358. The summed E-state index contributed by atoms with van der Waals surface area (Å²) < 4.78 is 7.01. The molecule has 0 atom stereocenters. The minimum absolute atomic E-state index is 0.835. The van der Waals surface area contributed by atoms with Gasteiger partial charge in [-0.2, -0.15) is 0 Å². The molecule has 1 aliphatic heterocycles. The van der Waals surface area contributed by atoms with Crippen LogP contribution in [-0.4, -0.2) is 35.6 Å². The molecule has 1 aliphatic rings. The van der Waals surface area contributed by atoms with Crippen LogP contribution < -0.4 is 4.74 Å². The van der Waals surface area contributed by atoms with Crippen LogP contribution in [0.1, 0.15) is 37.7 Å². The predicted octanol–water partition coefficient (Wildman–Crippen LogP) is 4.31. The van der Waals surface area contributed by atoms with Crippen molar-refractivity contribution in [3.8, 4) is 5.75 Å². The number of hydrogen-bond donors (Lipinski definition) is 0. The first-order chi connectivity index (χ1) is 9.88. The number of rotatable bonds is 7. The lowest BCUT2D eigenvalue weighted by Gasteiger charge is -2.19. The standard InChI is InChI=1S/C17H26INO/c18-11-10-16-6-8-17(9-7-16)20-15-5-14-19-12-3-1-2-4-13-19/h6-9H,1-5,10-15H2. The molecule has 1 aromatic carbocycles. The molecule has 3 heteroatoms. The maximum absolute atomic E-state index is 5.83. The summed E-state index contributed by atoms with van der Waals surface area (Å²) in [6.45, 7) is 4.59. The number of benzene rings is 1. The fourth-order valence-electron chi connectivity index (χ4n) is 2.70. The Hall–Kier alpha value is -0.290. The fraction of sp³-hybridized carbons (Fsp3) is 0.647. The maximum Gasteiger partial charge on any atom is 0.119 e. The Morgan fingerprint density at radius 1 is 1.00 bits per heavy atom. The quantitative estimate of drug-likeness (QED) is 0.393. The molecule has 1 heterocycles. The van der Waals surface area contributed by atoms with Gasteiger partial charge in [-0.15, -0.1) is 0 Å². The monoisotopic (exact) mass is 387 g/mol. The van der Waals surface area contributed by atoms with E-state index in [9.17, 15) is 0 Å². The molecule has 0 saturated carbocycles. The number of nitrogens with zero attached hydrogens (tertiary/aromatic N) is 1. The van der Waals surface area contributed by atoms with Crippen LogP contribution in [0.3, 0.4) is 0 Å². The number of ether oxygens (including phenoxy) is 1. The van der Waals surface area contributed by atoms with Crippen molar-refractivity contribution in [1.29, 1.82) is 0 Å². The van der Waals surface area contributed by atoms with Crippen LogP contribution >= 0.6 is 22.6 Å². The highest BCUT2D eigenvalue weighted by Crippen LogP contribution is 2.14. The van der Waals surface area contributed by atoms with Crippen molar-refractivity contribution in [2.45, 2.75) is 38.5 Å². The van der Waals surface area contributed by atoms with Crippen LogP contribution in [0, 0.1) is 0 Å². The lowest BCUT2D eigenvalue weighted by atomic mass is 10.2. The molecule has 0 bridgehead atoms. The Labute approximate surface area is 137 Å². The van der Waals surface area contributed by atoms with Gasteiger partial charge >= 0.3 is 0 Å². The summed E-state index contributed by atoms with van der Waals surface area (Å²) >= 11 is 2.42. The van der Waals surface area contributed by atoms with Crippen molar-refractivity contribution in [3.05, 3.63) is 29.8 Å². The summed E-state index contributed by atoms with van der Waals surface area (Å²) in [5.74, 6) is 1.01. The SMILES string of the molecule is ICCc1ccc(OCCCN2CCCCCC2)cc1. The molecular weight excluding hydrogens is 361 g/mol. The summed E-state index contributed by atoms with van der Waals surface area (Å²) in [4.78, 5) is 2.60. The molecule has 0 N–H and O–H groups in total. The second-order valence-corrected chi connectivity index (χ2v) is 6.62. The van der Waals surface area contributed by atoms with E-state index < -0.39 is 0 Å². The molecule has 0 amide bonds. The van der Waals surface area contributed by atoms with Gasteiger partial charge in [-0.05, 0) is 56.5 Å². The normalized spacial score (nSPS) is 16.9. The van der Waals surface area contributed by atoms with Crippen LogP contribution in [-0.2, 0) is 6.42 Å². The summed E-state index contributed by atoms with van der Waals surface area (Å²) in [5, 5.41) is 0. The third-order valence-corrected chi connectivity index (χ3v) is 4.43. The summed E-state index contributed by atoms with van der Waals surface area (Å²) in [5.41, 5.74) is 1.40. The van der Waals surface area contributed by atoms with Gasteiger partial charge in [0.2, 0.25) is 0 Å². The number of alkyl halides is 1. The summed E-state index contributed by atoms with van der Waals surface area (Å²) in [7, 11) is 0. The first kappa shape index (κ1) is 16.1. The number of hydrogen-bond acceptors (Lipinski definition) is 2. The van der Waals surface area contributed by atoms with Crippen molar-refractivity contribution in [3.63, 3.8) is 0 Å².